The summed E-state index contributed by atoms with van der Waals surface area (Å²) in [5, 5.41) is 0. The standard InChI is InChI=1S/C13H28ClN/c1-4-13(3)12-15(5-2)11-9-7-6-8-10-14/h13H,4-12H2,1-3H3. The van der Waals surface area contributed by atoms with Gasteiger partial charge < -0.3 is 4.90 Å². The Labute approximate surface area is 101 Å². The molecule has 0 aromatic carbocycles. The van der Waals surface area contributed by atoms with Crippen LogP contribution in [-0.4, -0.2) is 30.4 Å². The van der Waals surface area contributed by atoms with Crippen LogP contribution in [0.25, 0.3) is 0 Å². The van der Waals surface area contributed by atoms with Gasteiger partial charge in [0.1, 0.15) is 0 Å². The SMILES string of the molecule is CCC(C)CN(CC)CCCCCCCl. The molecule has 0 spiro atoms. The van der Waals surface area contributed by atoms with E-state index < -0.39 is 0 Å². The lowest BCUT2D eigenvalue weighted by Crippen LogP contribution is -2.29. The summed E-state index contributed by atoms with van der Waals surface area (Å²) >= 11 is 5.65. The number of unbranched alkanes of at least 4 members (excludes halogenated alkanes) is 3. The first-order valence-electron chi connectivity index (χ1n) is 6.52. The molecular weight excluding hydrogens is 206 g/mol. The van der Waals surface area contributed by atoms with Gasteiger partial charge in [0, 0.05) is 12.4 Å². The lowest BCUT2D eigenvalue weighted by Gasteiger charge is -2.23. The van der Waals surface area contributed by atoms with Crippen molar-refractivity contribution in [3.63, 3.8) is 0 Å². The van der Waals surface area contributed by atoms with E-state index in [0.29, 0.717) is 0 Å². The fourth-order valence-electron chi connectivity index (χ4n) is 1.73. The molecular formula is C13H28ClN. The summed E-state index contributed by atoms with van der Waals surface area (Å²) < 4.78 is 0. The first kappa shape index (κ1) is 15.2. The van der Waals surface area contributed by atoms with Gasteiger partial charge in [0.2, 0.25) is 0 Å². The van der Waals surface area contributed by atoms with Gasteiger partial charge in [-0.2, -0.15) is 0 Å². The van der Waals surface area contributed by atoms with Crippen molar-refractivity contribution < 1.29 is 0 Å². The minimum absolute atomic E-state index is 0.824. The van der Waals surface area contributed by atoms with Crippen LogP contribution >= 0.6 is 11.6 Å². The molecule has 0 N–H and O–H groups in total. The molecule has 0 saturated heterocycles. The van der Waals surface area contributed by atoms with Gasteiger partial charge in [0.15, 0.2) is 0 Å². The zero-order chi connectivity index (χ0) is 11.5. The van der Waals surface area contributed by atoms with Gasteiger partial charge in [-0.3, -0.25) is 0 Å². The van der Waals surface area contributed by atoms with Crippen LogP contribution < -0.4 is 0 Å². The third kappa shape index (κ3) is 9.19. The minimum Gasteiger partial charge on any atom is -0.303 e. The molecule has 0 aromatic heterocycles. The van der Waals surface area contributed by atoms with E-state index in [1.165, 1.54) is 51.7 Å². The maximum atomic E-state index is 5.65. The highest BCUT2D eigenvalue weighted by Gasteiger charge is 2.06. The Morgan fingerprint density at radius 1 is 1.07 bits per heavy atom. The van der Waals surface area contributed by atoms with Crippen LogP contribution in [0.3, 0.4) is 0 Å². The second-order valence-corrected chi connectivity index (χ2v) is 4.89. The predicted molar refractivity (Wildman–Crippen MR) is 70.8 cm³/mol. The van der Waals surface area contributed by atoms with Crippen molar-refractivity contribution in [2.45, 2.75) is 52.9 Å². The summed E-state index contributed by atoms with van der Waals surface area (Å²) in [6.45, 7) is 10.6. The molecule has 0 aliphatic heterocycles. The fraction of sp³-hybridized carbons (Fsp3) is 1.00. The highest BCUT2D eigenvalue weighted by molar-refractivity contribution is 6.17. The normalized spacial score (nSPS) is 13.4. The van der Waals surface area contributed by atoms with Crippen LogP contribution in [0.5, 0.6) is 0 Å². The molecule has 0 radical (unpaired) electrons. The molecule has 0 aromatic rings. The van der Waals surface area contributed by atoms with E-state index in [0.717, 1.165) is 11.8 Å². The second kappa shape index (κ2) is 10.8. The van der Waals surface area contributed by atoms with Crippen molar-refractivity contribution in [1.29, 1.82) is 0 Å². The Balaban J connectivity index is 3.44. The lowest BCUT2D eigenvalue weighted by molar-refractivity contribution is 0.241. The molecule has 0 heterocycles. The molecule has 0 aliphatic rings. The molecule has 2 heteroatoms. The van der Waals surface area contributed by atoms with Crippen LogP contribution in [0.1, 0.15) is 52.9 Å². The topological polar surface area (TPSA) is 3.24 Å². The minimum atomic E-state index is 0.824. The first-order valence-corrected chi connectivity index (χ1v) is 7.06. The van der Waals surface area contributed by atoms with Crippen molar-refractivity contribution in [3.05, 3.63) is 0 Å². The van der Waals surface area contributed by atoms with E-state index in [1.807, 2.05) is 0 Å². The molecule has 0 fully saturated rings. The summed E-state index contributed by atoms with van der Waals surface area (Å²) in [6.07, 6.45) is 6.44. The third-order valence-electron chi connectivity index (χ3n) is 3.07. The first-order chi connectivity index (χ1) is 7.24. The monoisotopic (exact) mass is 233 g/mol. The van der Waals surface area contributed by atoms with E-state index >= 15 is 0 Å². The average molecular weight is 234 g/mol. The molecule has 0 rings (SSSR count). The molecule has 0 saturated carbocycles. The van der Waals surface area contributed by atoms with Gasteiger partial charge in [-0.05, 0) is 31.8 Å². The summed E-state index contributed by atoms with van der Waals surface area (Å²) in [4.78, 5) is 2.58. The van der Waals surface area contributed by atoms with Crippen molar-refractivity contribution in [3.8, 4) is 0 Å². The van der Waals surface area contributed by atoms with Crippen molar-refractivity contribution in [1.82, 2.24) is 4.90 Å². The van der Waals surface area contributed by atoms with E-state index in [-0.39, 0.29) is 0 Å². The molecule has 92 valence electrons. The Kier molecular flexibility index (Phi) is 10.9. The molecule has 0 bridgehead atoms. The van der Waals surface area contributed by atoms with Crippen molar-refractivity contribution in [2.75, 3.05) is 25.5 Å². The Bertz CT molecular complexity index is 128. The zero-order valence-corrected chi connectivity index (χ0v) is 11.5. The van der Waals surface area contributed by atoms with Gasteiger partial charge >= 0.3 is 0 Å². The number of rotatable bonds is 10. The average Bonchev–Trinajstić information content (AvgIpc) is 2.26. The predicted octanol–water partition coefficient (Wildman–Crippen LogP) is 4.15. The molecule has 1 nitrogen and oxygen atoms in total. The molecule has 0 aliphatic carbocycles. The van der Waals surface area contributed by atoms with Gasteiger partial charge in [0.25, 0.3) is 0 Å². The number of hydrogen-bond acceptors (Lipinski definition) is 1. The third-order valence-corrected chi connectivity index (χ3v) is 3.34. The van der Waals surface area contributed by atoms with E-state index in [1.54, 1.807) is 0 Å². The van der Waals surface area contributed by atoms with Crippen molar-refractivity contribution in [2.24, 2.45) is 5.92 Å². The van der Waals surface area contributed by atoms with Gasteiger partial charge in [-0.1, -0.05) is 40.0 Å². The number of hydrogen-bond donors (Lipinski definition) is 0. The quantitative estimate of drug-likeness (QED) is 0.405. The van der Waals surface area contributed by atoms with Crippen molar-refractivity contribution >= 4 is 11.6 Å². The Morgan fingerprint density at radius 3 is 2.27 bits per heavy atom. The molecule has 0 amide bonds. The van der Waals surface area contributed by atoms with Crippen LogP contribution in [-0.2, 0) is 0 Å². The number of halogens is 1. The maximum absolute atomic E-state index is 5.65. The summed E-state index contributed by atoms with van der Waals surface area (Å²) in [5.74, 6) is 1.66. The number of nitrogens with zero attached hydrogens (tertiary/aromatic N) is 1. The molecule has 1 unspecified atom stereocenters. The van der Waals surface area contributed by atoms with Crippen LogP contribution in [0.2, 0.25) is 0 Å². The van der Waals surface area contributed by atoms with E-state index in [9.17, 15) is 0 Å². The molecule has 1 atom stereocenters. The highest BCUT2D eigenvalue weighted by Crippen LogP contribution is 2.07. The summed E-state index contributed by atoms with van der Waals surface area (Å²) in [7, 11) is 0. The highest BCUT2D eigenvalue weighted by atomic mass is 35.5. The lowest BCUT2D eigenvalue weighted by atomic mass is 10.1. The van der Waals surface area contributed by atoms with Gasteiger partial charge in [0.05, 0.1) is 0 Å². The smallest absolute Gasteiger partial charge is 0.0223 e. The van der Waals surface area contributed by atoms with Crippen LogP contribution in [0.15, 0.2) is 0 Å². The summed E-state index contributed by atoms with van der Waals surface area (Å²) in [6, 6.07) is 0. The van der Waals surface area contributed by atoms with Crippen LogP contribution in [0, 0.1) is 5.92 Å². The Hall–Kier alpha value is 0.250. The number of alkyl halides is 1. The van der Waals surface area contributed by atoms with Gasteiger partial charge in [-0.25, -0.2) is 0 Å². The Morgan fingerprint density at radius 2 is 1.73 bits per heavy atom. The maximum Gasteiger partial charge on any atom is 0.0223 e. The van der Waals surface area contributed by atoms with E-state index in [2.05, 4.69) is 25.7 Å². The zero-order valence-electron chi connectivity index (χ0n) is 10.8. The molecule has 15 heavy (non-hydrogen) atoms. The fourth-order valence-corrected chi connectivity index (χ4v) is 1.92. The second-order valence-electron chi connectivity index (χ2n) is 4.51. The summed E-state index contributed by atoms with van der Waals surface area (Å²) in [5.41, 5.74) is 0. The largest absolute Gasteiger partial charge is 0.303 e. The van der Waals surface area contributed by atoms with Crippen LogP contribution in [0.4, 0.5) is 0 Å². The van der Waals surface area contributed by atoms with Gasteiger partial charge in [-0.15, -0.1) is 11.6 Å². The van der Waals surface area contributed by atoms with E-state index in [4.69, 9.17) is 11.6 Å².